The molecule has 2 atom stereocenters. The van der Waals surface area contributed by atoms with Crippen LogP contribution in [0.2, 0.25) is 0 Å². The Kier molecular flexibility index (Phi) is 4.65. The number of aromatic amines is 1. The van der Waals surface area contributed by atoms with E-state index in [1.807, 2.05) is 32.3 Å². The van der Waals surface area contributed by atoms with Crippen molar-refractivity contribution < 1.29 is 0 Å². The lowest BCUT2D eigenvalue weighted by molar-refractivity contribution is 0.458. The van der Waals surface area contributed by atoms with Crippen LogP contribution in [-0.4, -0.2) is 32.0 Å². The molecule has 0 fully saturated rings. The number of aryl methyl sites for hydroxylation is 1. The van der Waals surface area contributed by atoms with Crippen LogP contribution in [0.15, 0.2) is 53.6 Å². The predicted octanol–water partition coefficient (Wildman–Crippen LogP) is 1.75. The monoisotopic (exact) mass is 401 g/mol. The van der Waals surface area contributed by atoms with E-state index in [0.717, 1.165) is 34.6 Å². The molecule has 1 aliphatic rings. The number of aromatic nitrogens is 5. The lowest BCUT2D eigenvalue weighted by Gasteiger charge is -2.26. The summed E-state index contributed by atoms with van der Waals surface area (Å²) in [5, 5.41) is 19.9. The van der Waals surface area contributed by atoms with E-state index in [1.165, 1.54) is 5.56 Å². The van der Waals surface area contributed by atoms with Crippen LogP contribution in [0, 0.1) is 0 Å². The van der Waals surface area contributed by atoms with Crippen LogP contribution in [0.5, 0.6) is 0 Å². The molecule has 1 aliphatic heterocycles. The number of nitrogens with zero attached hydrogens (tertiary/aromatic N) is 4. The first kappa shape index (κ1) is 18.7. The van der Waals surface area contributed by atoms with Gasteiger partial charge in [0.15, 0.2) is 0 Å². The fourth-order valence-electron chi connectivity index (χ4n) is 4.40. The summed E-state index contributed by atoms with van der Waals surface area (Å²) < 4.78 is 1.78. The highest BCUT2D eigenvalue weighted by atomic mass is 16.1. The molecule has 0 saturated heterocycles. The van der Waals surface area contributed by atoms with Crippen LogP contribution in [0.25, 0.3) is 10.8 Å². The van der Waals surface area contributed by atoms with Gasteiger partial charge >= 0.3 is 0 Å². The summed E-state index contributed by atoms with van der Waals surface area (Å²) in [4.78, 5) is 17.0. The lowest BCUT2D eigenvalue weighted by Crippen LogP contribution is -2.28. The molecular weight excluding hydrogens is 378 g/mol. The minimum atomic E-state index is -0.212. The molecule has 8 heteroatoms. The van der Waals surface area contributed by atoms with Gasteiger partial charge in [0.2, 0.25) is 0 Å². The molecule has 152 valence electrons. The Morgan fingerprint density at radius 2 is 2.03 bits per heavy atom. The largest absolute Gasteiger partial charge is 0.316 e. The predicted molar refractivity (Wildman–Crippen MR) is 114 cm³/mol. The second-order valence-electron chi connectivity index (χ2n) is 7.63. The number of hydrogen-bond acceptors (Lipinski definition) is 6. The van der Waals surface area contributed by atoms with Gasteiger partial charge in [0.1, 0.15) is 12.2 Å². The average Bonchev–Trinajstić information content (AvgIpc) is 3.11. The molecule has 2 aromatic heterocycles. The fraction of sp³-hybridized carbons (Fsp3) is 0.273. The maximum absolute atomic E-state index is 12.5. The van der Waals surface area contributed by atoms with Crippen molar-refractivity contribution in [1.82, 2.24) is 35.6 Å². The molecule has 0 saturated carbocycles. The van der Waals surface area contributed by atoms with Gasteiger partial charge in [0.25, 0.3) is 5.56 Å². The zero-order valence-corrected chi connectivity index (χ0v) is 16.9. The standard InChI is InChI=1S/C22H23N7O/c1-23-10-13-6-8-14(9-7-13)19-18(21-25-12-26-29(21)2)20-17-15(11-24-19)4-3-5-16(17)22(30)28-27-20/h3-9,12,18-19,23-24H,10-11H2,1-2H3,(H,28,30). The summed E-state index contributed by atoms with van der Waals surface area (Å²) in [5.74, 6) is 0.583. The molecular formula is C22H23N7O. The Balaban J connectivity index is 1.73. The van der Waals surface area contributed by atoms with E-state index in [0.29, 0.717) is 11.9 Å². The maximum atomic E-state index is 12.5. The number of hydrogen-bond donors (Lipinski definition) is 3. The number of benzene rings is 2. The summed E-state index contributed by atoms with van der Waals surface area (Å²) in [5.41, 5.74) is 4.05. The van der Waals surface area contributed by atoms with E-state index in [2.05, 4.69) is 55.2 Å². The van der Waals surface area contributed by atoms with Crippen molar-refractivity contribution in [3.05, 3.63) is 87.4 Å². The van der Waals surface area contributed by atoms with E-state index < -0.39 is 0 Å². The normalized spacial score (nSPS) is 18.5. The molecule has 30 heavy (non-hydrogen) atoms. The zero-order valence-electron chi connectivity index (χ0n) is 16.9. The number of nitrogens with one attached hydrogen (secondary N) is 3. The third-order valence-corrected chi connectivity index (χ3v) is 5.81. The second-order valence-corrected chi connectivity index (χ2v) is 7.63. The molecule has 4 aromatic rings. The van der Waals surface area contributed by atoms with Crippen LogP contribution >= 0.6 is 0 Å². The minimum absolute atomic E-state index is 0.0782. The number of H-pyrrole nitrogens is 1. The van der Waals surface area contributed by atoms with Crippen LogP contribution in [-0.2, 0) is 20.1 Å². The fourth-order valence-corrected chi connectivity index (χ4v) is 4.40. The van der Waals surface area contributed by atoms with E-state index >= 15 is 0 Å². The lowest BCUT2D eigenvalue weighted by atomic mass is 9.87. The molecule has 8 nitrogen and oxygen atoms in total. The molecule has 0 amide bonds. The van der Waals surface area contributed by atoms with Gasteiger partial charge in [-0.05, 0) is 29.8 Å². The van der Waals surface area contributed by atoms with Gasteiger partial charge in [-0.2, -0.15) is 10.2 Å². The van der Waals surface area contributed by atoms with Crippen molar-refractivity contribution in [1.29, 1.82) is 0 Å². The van der Waals surface area contributed by atoms with Gasteiger partial charge in [0, 0.05) is 31.6 Å². The molecule has 0 bridgehead atoms. The Hall–Kier alpha value is -3.36. The molecule has 2 aromatic carbocycles. The van der Waals surface area contributed by atoms with Gasteiger partial charge in [-0.25, -0.2) is 10.1 Å². The molecule has 3 N–H and O–H groups in total. The summed E-state index contributed by atoms with van der Waals surface area (Å²) >= 11 is 0. The smallest absolute Gasteiger partial charge is 0.272 e. The SMILES string of the molecule is CNCc1ccc(C2NCc3cccc4c(=O)[nH]nc(c34)C2c2ncnn2C)cc1. The van der Waals surface area contributed by atoms with Crippen molar-refractivity contribution in [3.63, 3.8) is 0 Å². The van der Waals surface area contributed by atoms with Crippen molar-refractivity contribution in [2.24, 2.45) is 7.05 Å². The van der Waals surface area contributed by atoms with Crippen LogP contribution in [0.4, 0.5) is 0 Å². The van der Waals surface area contributed by atoms with Crippen LogP contribution < -0.4 is 16.2 Å². The first-order chi connectivity index (χ1) is 14.7. The van der Waals surface area contributed by atoms with Gasteiger partial charge < -0.3 is 10.6 Å². The summed E-state index contributed by atoms with van der Waals surface area (Å²) in [6, 6.07) is 14.3. The van der Waals surface area contributed by atoms with E-state index in [1.54, 1.807) is 11.0 Å². The van der Waals surface area contributed by atoms with Gasteiger partial charge in [0.05, 0.1) is 17.0 Å². The average molecular weight is 401 g/mol. The Morgan fingerprint density at radius 3 is 2.77 bits per heavy atom. The summed E-state index contributed by atoms with van der Waals surface area (Å²) in [6.45, 7) is 1.45. The van der Waals surface area contributed by atoms with Crippen molar-refractivity contribution in [2.45, 2.75) is 25.0 Å². The van der Waals surface area contributed by atoms with Crippen LogP contribution in [0.1, 0.15) is 40.2 Å². The van der Waals surface area contributed by atoms with Crippen LogP contribution in [0.3, 0.4) is 0 Å². The Labute approximate surface area is 173 Å². The van der Waals surface area contributed by atoms with Crippen molar-refractivity contribution in [2.75, 3.05) is 7.05 Å². The van der Waals surface area contributed by atoms with E-state index in [9.17, 15) is 4.79 Å². The highest BCUT2D eigenvalue weighted by molar-refractivity contribution is 5.88. The second kappa shape index (κ2) is 7.47. The summed E-state index contributed by atoms with van der Waals surface area (Å²) in [6.07, 6.45) is 1.56. The highest BCUT2D eigenvalue weighted by Gasteiger charge is 2.35. The highest BCUT2D eigenvalue weighted by Crippen LogP contribution is 2.40. The maximum Gasteiger partial charge on any atom is 0.272 e. The zero-order chi connectivity index (χ0) is 20.7. The van der Waals surface area contributed by atoms with Crippen molar-refractivity contribution >= 4 is 10.8 Å². The van der Waals surface area contributed by atoms with Gasteiger partial charge in [-0.1, -0.05) is 36.4 Å². The Morgan fingerprint density at radius 1 is 1.20 bits per heavy atom. The summed E-state index contributed by atoms with van der Waals surface area (Å²) in [7, 11) is 3.82. The third-order valence-electron chi connectivity index (χ3n) is 5.81. The minimum Gasteiger partial charge on any atom is -0.316 e. The Bertz CT molecular complexity index is 1260. The van der Waals surface area contributed by atoms with Crippen molar-refractivity contribution in [3.8, 4) is 0 Å². The molecule has 2 unspecified atom stereocenters. The van der Waals surface area contributed by atoms with Gasteiger partial charge in [-0.15, -0.1) is 0 Å². The molecule has 0 radical (unpaired) electrons. The van der Waals surface area contributed by atoms with E-state index in [4.69, 9.17) is 0 Å². The molecule has 3 heterocycles. The first-order valence-corrected chi connectivity index (χ1v) is 9.98. The molecule has 5 rings (SSSR count). The third kappa shape index (κ3) is 3.01. The molecule has 0 spiro atoms. The molecule has 0 aliphatic carbocycles. The first-order valence-electron chi connectivity index (χ1n) is 9.98. The topological polar surface area (TPSA) is 101 Å². The van der Waals surface area contributed by atoms with E-state index in [-0.39, 0.29) is 17.5 Å². The quantitative estimate of drug-likeness (QED) is 0.482. The van der Waals surface area contributed by atoms with Gasteiger partial charge in [-0.3, -0.25) is 9.48 Å². The number of rotatable bonds is 4.